The lowest BCUT2D eigenvalue weighted by atomic mass is 9.78. The highest BCUT2D eigenvalue weighted by atomic mass is 32.2. The highest BCUT2D eigenvalue weighted by Crippen LogP contribution is 2.51. The summed E-state index contributed by atoms with van der Waals surface area (Å²) >= 11 is 0. The number of ketones is 1. The number of allylic oxidation sites excluding steroid dienone is 2. The second-order valence-corrected chi connectivity index (χ2v) is 21.1. The molecule has 6 aromatic carbocycles. The van der Waals surface area contributed by atoms with Gasteiger partial charge in [-0.1, -0.05) is 36.4 Å². The Morgan fingerprint density at radius 3 is 1.74 bits per heavy atom. The fourth-order valence-electron chi connectivity index (χ4n) is 7.53. The number of carbonyl (C=O) groups excluding carboxylic acids is 1. The normalized spacial score (nSPS) is 16.5. The van der Waals surface area contributed by atoms with Crippen LogP contribution in [0.3, 0.4) is 0 Å². The van der Waals surface area contributed by atoms with E-state index in [-0.39, 0.29) is 27.3 Å². The summed E-state index contributed by atoms with van der Waals surface area (Å²) in [5.41, 5.74) is -1.15. The van der Waals surface area contributed by atoms with E-state index in [9.17, 15) is 78.1 Å². The van der Waals surface area contributed by atoms with Crippen LogP contribution in [0.4, 0.5) is 0 Å². The number of hydrogen-bond donors (Lipinski definition) is 5. The van der Waals surface area contributed by atoms with Gasteiger partial charge in [0, 0.05) is 32.7 Å². The smallest absolute Gasteiger partial charge is 0.339 e. The van der Waals surface area contributed by atoms with Crippen molar-refractivity contribution < 1.29 is 82.2 Å². The van der Waals surface area contributed by atoms with Gasteiger partial charge in [0.2, 0.25) is 0 Å². The number of benzene rings is 6. The average Bonchev–Trinajstić information content (AvgIpc) is 3.06. The summed E-state index contributed by atoms with van der Waals surface area (Å²) in [4.78, 5) is 4.78. The zero-order chi connectivity index (χ0) is 41.7. The Balaban J connectivity index is 1.51. The van der Waals surface area contributed by atoms with Crippen molar-refractivity contribution in [3.05, 3.63) is 83.4 Å². The summed E-state index contributed by atoms with van der Waals surface area (Å²) in [5.74, 6) is -3.78. The van der Waals surface area contributed by atoms with Gasteiger partial charge in [-0.05, 0) is 63.5 Å². The summed E-state index contributed by atoms with van der Waals surface area (Å²) in [5, 5.41) is -3.49. The SMILES string of the molecule is O=C1C=Cc2c(S(=O)(=O)O)cc3c(S(=O)(=O)O)ccc4c3c2C1C=C4S(=O)(=O)Oc1cc2cccc3ccc4c(S(=O)(=O)O)c(S(=O)(=O)O)c(S(=O)(=O)O)c1c4c32. The van der Waals surface area contributed by atoms with Crippen molar-refractivity contribution in [3.8, 4) is 5.75 Å². The summed E-state index contributed by atoms with van der Waals surface area (Å²) in [6.07, 6.45) is 2.56. The minimum Gasteiger partial charge on any atom is -0.378 e. The topological polar surface area (TPSA) is 332 Å². The van der Waals surface area contributed by atoms with Gasteiger partial charge in [0.1, 0.15) is 29.4 Å². The fourth-order valence-corrected chi connectivity index (χ4v) is 13.7. The molecule has 0 saturated carbocycles. The molecule has 5 N–H and O–H groups in total. The Kier molecular flexibility index (Phi) is 8.07. The third kappa shape index (κ3) is 5.84. The van der Waals surface area contributed by atoms with Gasteiger partial charge in [0.15, 0.2) is 11.5 Å². The van der Waals surface area contributed by atoms with E-state index in [1.54, 1.807) is 0 Å². The van der Waals surface area contributed by atoms with E-state index in [0.29, 0.717) is 12.1 Å². The van der Waals surface area contributed by atoms with Crippen molar-refractivity contribution in [2.24, 2.45) is 0 Å². The Labute approximate surface area is 320 Å². The standard InChI is InChI=1S/C32H18O19S6/c33-20-8-6-15-23(53(37,38)39)12-19-22(52(34,35)36)9-7-16-24(11-18(20)26(15)27(16)19)57(49,50)51-21-10-14-3-1-2-13-4-5-17-28(25(13)14)29(21)31(55(43,44)45)32(56(46,47)48)30(17)54(40,41)42/h1-12,18H,(H,34,35,36)(H,37,38,39)(H,40,41,42)(H,43,44,45)(H,46,47,48). The first kappa shape index (κ1) is 38.9. The van der Waals surface area contributed by atoms with Crippen molar-refractivity contribution in [2.45, 2.75) is 30.4 Å². The first-order chi connectivity index (χ1) is 26.1. The Bertz CT molecular complexity index is 3700. The second kappa shape index (κ2) is 11.8. The van der Waals surface area contributed by atoms with E-state index in [0.717, 1.165) is 36.4 Å². The molecule has 0 spiro atoms. The van der Waals surface area contributed by atoms with Crippen LogP contribution in [-0.2, 0) is 65.5 Å². The summed E-state index contributed by atoms with van der Waals surface area (Å²) in [6, 6.07) is 9.28. The van der Waals surface area contributed by atoms with Gasteiger partial charge in [-0.25, -0.2) is 0 Å². The van der Waals surface area contributed by atoms with Crippen molar-refractivity contribution in [2.75, 3.05) is 0 Å². The molecule has 25 heteroatoms. The molecule has 0 aliphatic heterocycles. The van der Waals surface area contributed by atoms with Crippen LogP contribution in [0.25, 0.3) is 54.1 Å². The molecule has 1 atom stereocenters. The largest absolute Gasteiger partial charge is 0.378 e. The maximum Gasteiger partial charge on any atom is 0.339 e. The molecule has 57 heavy (non-hydrogen) atoms. The molecular formula is C32H18O19S6. The Morgan fingerprint density at radius 1 is 0.526 bits per heavy atom. The van der Waals surface area contributed by atoms with E-state index in [1.807, 2.05) is 0 Å². The molecule has 8 rings (SSSR count). The van der Waals surface area contributed by atoms with Crippen LogP contribution >= 0.6 is 0 Å². The second-order valence-electron chi connectivity index (χ2n) is 12.7. The molecule has 6 aromatic rings. The van der Waals surface area contributed by atoms with Crippen LogP contribution < -0.4 is 4.18 Å². The predicted molar refractivity (Wildman–Crippen MR) is 197 cm³/mol. The molecule has 0 saturated heterocycles. The summed E-state index contributed by atoms with van der Waals surface area (Å²) in [6.45, 7) is 0. The van der Waals surface area contributed by atoms with Gasteiger partial charge in [-0.3, -0.25) is 27.6 Å². The van der Waals surface area contributed by atoms with Crippen LogP contribution in [0.2, 0.25) is 0 Å². The molecule has 0 heterocycles. The van der Waals surface area contributed by atoms with Crippen molar-refractivity contribution in [3.63, 3.8) is 0 Å². The van der Waals surface area contributed by atoms with Crippen LogP contribution in [0, 0.1) is 0 Å². The average molecular weight is 899 g/mol. The fraction of sp³-hybridized carbons (Fsp3) is 0.0312. The van der Waals surface area contributed by atoms with Crippen LogP contribution in [-0.4, -0.2) is 79.1 Å². The van der Waals surface area contributed by atoms with E-state index in [1.165, 1.54) is 24.3 Å². The van der Waals surface area contributed by atoms with Gasteiger partial charge in [-0.2, -0.15) is 50.5 Å². The summed E-state index contributed by atoms with van der Waals surface area (Å²) in [7, 11) is -33.9. The lowest BCUT2D eigenvalue weighted by molar-refractivity contribution is -0.115. The zero-order valence-electron chi connectivity index (χ0n) is 27.4. The highest BCUT2D eigenvalue weighted by Gasteiger charge is 2.42. The van der Waals surface area contributed by atoms with Crippen molar-refractivity contribution in [1.82, 2.24) is 0 Å². The lowest BCUT2D eigenvalue weighted by Gasteiger charge is -2.29. The highest BCUT2D eigenvalue weighted by molar-refractivity contribution is 7.96. The number of hydrogen-bond acceptors (Lipinski definition) is 14. The van der Waals surface area contributed by atoms with E-state index in [2.05, 4.69) is 0 Å². The third-order valence-corrected chi connectivity index (χ3v) is 15.6. The van der Waals surface area contributed by atoms with Gasteiger partial charge in [-0.15, -0.1) is 0 Å². The van der Waals surface area contributed by atoms with E-state index in [4.69, 9.17) is 4.18 Å². The molecule has 0 fully saturated rings. The molecule has 0 amide bonds. The van der Waals surface area contributed by atoms with Crippen molar-refractivity contribution in [1.29, 1.82) is 0 Å². The molecular weight excluding hydrogens is 881 g/mol. The van der Waals surface area contributed by atoms with Gasteiger partial charge >= 0.3 is 10.1 Å². The molecule has 296 valence electrons. The van der Waals surface area contributed by atoms with E-state index >= 15 is 0 Å². The number of rotatable bonds is 8. The zero-order valence-corrected chi connectivity index (χ0v) is 32.3. The number of carbonyl (C=O) groups is 1. The maximum atomic E-state index is 14.5. The van der Waals surface area contributed by atoms with Gasteiger partial charge in [0.25, 0.3) is 50.6 Å². The van der Waals surface area contributed by atoms with Crippen molar-refractivity contribution >= 4 is 121 Å². The van der Waals surface area contributed by atoms with Crippen LogP contribution in [0.15, 0.2) is 91.2 Å². The van der Waals surface area contributed by atoms with E-state index < -0.39 is 140 Å². The molecule has 0 bridgehead atoms. The first-order valence-corrected chi connectivity index (χ1v) is 23.9. The van der Waals surface area contributed by atoms with Gasteiger partial charge < -0.3 is 4.18 Å². The van der Waals surface area contributed by atoms with Gasteiger partial charge in [0.05, 0.1) is 5.92 Å². The Morgan fingerprint density at radius 2 is 1.14 bits per heavy atom. The molecule has 2 aliphatic carbocycles. The minimum absolute atomic E-state index is 0.0178. The molecule has 0 radical (unpaired) electrons. The third-order valence-electron chi connectivity index (χ3n) is 9.46. The molecule has 0 aromatic heterocycles. The first-order valence-electron chi connectivity index (χ1n) is 15.3. The monoisotopic (exact) mass is 898 g/mol. The summed E-state index contributed by atoms with van der Waals surface area (Å²) < 4.78 is 213. The molecule has 1 unspecified atom stereocenters. The van der Waals surface area contributed by atoms with Crippen LogP contribution in [0.1, 0.15) is 22.6 Å². The quantitative estimate of drug-likeness (QED) is 0.0830. The predicted octanol–water partition coefficient (Wildman–Crippen LogP) is 3.41. The lowest BCUT2D eigenvalue weighted by Crippen LogP contribution is -2.23. The molecule has 2 aliphatic rings. The Hall–Kier alpha value is -4.93. The minimum atomic E-state index is -6.08. The maximum absolute atomic E-state index is 14.5. The molecule has 19 nitrogen and oxygen atoms in total. The van der Waals surface area contributed by atoms with Crippen LogP contribution in [0.5, 0.6) is 5.75 Å².